The quantitative estimate of drug-likeness (QED) is 0.285. The molecule has 0 aliphatic carbocycles. The predicted octanol–water partition coefficient (Wildman–Crippen LogP) is 6.76. The largest absolute Gasteiger partial charge is 0.491 e. The molecule has 2 atom stereocenters. The molecular weight excluding hydrogens is 476 g/mol. The molecule has 190 valence electrons. The van der Waals surface area contributed by atoms with E-state index in [0.717, 1.165) is 18.7 Å². The molecule has 4 aromatic rings. The first kappa shape index (κ1) is 24.2. The number of benzene rings is 3. The van der Waals surface area contributed by atoms with Crippen LogP contribution in [0, 0.1) is 6.92 Å². The molecule has 0 bridgehead atoms. The number of nitrogens with zero attached hydrogens (tertiary/aromatic N) is 1. The zero-order valence-electron chi connectivity index (χ0n) is 21.4. The second-order valence-electron chi connectivity index (χ2n) is 10.5. The summed E-state index contributed by atoms with van der Waals surface area (Å²) in [4.78, 5) is 15.3. The summed E-state index contributed by atoms with van der Waals surface area (Å²) in [6.07, 6.45) is 4.07. The van der Waals surface area contributed by atoms with Crippen LogP contribution in [0.15, 0.2) is 72.8 Å². The van der Waals surface area contributed by atoms with Crippen LogP contribution in [0.25, 0.3) is 20.5 Å². The molecule has 1 N–H and O–H groups in total. The summed E-state index contributed by atoms with van der Waals surface area (Å²) in [7, 11) is 0. The van der Waals surface area contributed by atoms with Gasteiger partial charge in [0.25, 0.3) is 0 Å². The lowest BCUT2D eigenvalue weighted by molar-refractivity contribution is -0.119. The second kappa shape index (κ2) is 10.7. The van der Waals surface area contributed by atoms with Crippen LogP contribution >= 0.6 is 11.3 Å². The highest BCUT2D eigenvalue weighted by Gasteiger charge is 2.24. The molecule has 5 heteroatoms. The summed E-state index contributed by atoms with van der Waals surface area (Å²) < 4.78 is 7.28. The van der Waals surface area contributed by atoms with Crippen LogP contribution in [0.3, 0.4) is 0 Å². The molecule has 0 spiro atoms. The fourth-order valence-corrected chi connectivity index (χ4v) is 6.84. The molecule has 1 amide bonds. The first-order valence-electron chi connectivity index (χ1n) is 13.5. The van der Waals surface area contributed by atoms with E-state index < -0.39 is 0 Å². The van der Waals surface area contributed by atoms with Crippen molar-refractivity contribution in [2.24, 2.45) is 0 Å². The van der Waals surface area contributed by atoms with Crippen molar-refractivity contribution >= 4 is 27.3 Å². The summed E-state index contributed by atoms with van der Waals surface area (Å²) in [6.45, 7) is 6.19. The van der Waals surface area contributed by atoms with Crippen molar-refractivity contribution in [3.05, 3.63) is 89.5 Å². The fourth-order valence-electron chi connectivity index (χ4n) is 5.74. The number of rotatable bonds is 8. The number of likely N-dealkylation sites (tertiary alicyclic amines) is 1. The van der Waals surface area contributed by atoms with E-state index in [-0.39, 0.29) is 11.9 Å². The maximum absolute atomic E-state index is 11.4. The Morgan fingerprint density at radius 3 is 2.59 bits per heavy atom. The molecule has 2 fully saturated rings. The van der Waals surface area contributed by atoms with Gasteiger partial charge in [-0.2, -0.15) is 0 Å². The molecule has 3 aromatic carbocycles. The van der Waals surface area contributed by atoms with E-state index in [0.29, 0.717) is 18.9 Å². The van der Waals surface area contributed by atoms with Gasteiger partial charge in [0.1, 0.15) is 12.4 Å². The van der Waals surface area contributed by atoms with Crippen LogP contribution in [0.4, 0.5) is 0 Å². The third kappa shape index (κ3) is 5.43. The normalized spacial score (nSPS) is 18.8. The predicted molar refractivity (Wildman–Crippen MR) is 153 cm³/mol. The first-order chi connectivity index (χ1) is 18.1. The van der Waals surface area contributed by atoms with Gasteiger partial charge < -0.3 is 15.0 Å². The van der Waals surface area contributed by atoms with Gasteiger partial charge in [-0.05, 0) is 97.8 Å². The van der Waals surface area contributed by atoms with Crippen LogP contribution in [-0.2, 0) is 4.79 Å². The summed E-state index contributed by atoms with van der Waals surface area (Å²) in [5.74, 6) is 1.32. The SMILES string of the molecule is Cc1cccc(C(CN2CCCC2)c2cccc3sc(-c4ccc(OCC5CCC(=O)N5)cc4)cc23)c1. The Morgan fingerprint density at radius 1 is 1.03 bits per heavy atom. The van der Waals surface area contributed by atoms with Crippen molar-refractivity contribution in [2.45, 2.75) is 44.6 Å². The van der Waals surface area contributed by atoms with E-state index in [4.69, 9.17) is 4.74 Å². The van der Waals surface area contributed by atoms with Gasteiger partial charge in [0, 0.05) is 28.5 Å². The minimum atomic E-state index is 0.120. The topological polar surface area (TPSA) is 41.6 Å². The molecule has 2 aliphatic heterocycles. The lowest BCUT2D eigenvalue weighted by Gasteiger charge is -2.25. The summed E-state index contributed by atoms with van der Waals surface area (Å²) >= 11 is 1.86. The number of amides is 1. The maximum atomic E-state index is 11.4. The molecule has 0 saturated carbocycles. The van der Waals surface area contributed by atoms with Crippen LogP contribution < -0.4 is 10.1 Å². The number of aryl methyl sites for hydroxylation is 1. The molecule has 2 unspecified atom stereocenters. The Morgan fingerprint density at radius 2 is 1.84 bits per heavy atom. The van der Waals surface area contributed by atoms with E-state index in [1.54, 1.807) is 0 Å². The number of nitrogens with one attached hydrogen (secondary N) is 1. The fraction of sp³-hybridized carbons (Fsp3) is 0.344. The second-order valence-corrected chi connectivity index (χ2v) is 11.6. The Labute approximate surface area is 223 Å². The Kier molecular flexibility index (Phi) is 6.99. The molecule has 1 aromatic heterocycles. The average molecular weight is 511 g/mol. The van der Waals surface area contributed by atoms with Gasteiger partial charge in [-0.25, -0.2) is 0 Å². The number of carbonyl (C=O) groups is 1. The zero-order valence-corrected chi connectivity index (χ0v) is 22.2. The number of thiophene rings is 1. The summed E-state index contributed by atoms with van der Waals surface area (Å²) in [5.41, 5.74) is 5.36. The molecular formula is C32H34N2O2S. The van der Waals surface area contributed by atoms with Gasteiger partial charge in [0.2, 0.25) is 5.91 Å². The van der Waals surface area contributed by atoms with E-state index in [1.807, 2.05) is 23.5 Å². The first-order valence-corrected chi connectivity index (χ1v) is 14.3. The van der Waals surface area contributed by atoms with E-state index >= 15 is 0 Å². The molecule has 0 radical (unpaired) electrons. The van der Waals surface area contributed by atoms with Gasteiger partial charge in [0.05, 0.1) is 6.04 Å². The van der Waals surface area contributed by atoms with Crippen LogP contribution in [0.5, 0.6) is 5.75 Å². The Hall–Kier alpha value is -3.15. The third-order valence-corrected chi connectivity index (χ3v) is 8.88. The number of hydrogen-bond donors (Lipinski definition) is 1. The molecule has 4 nitrogen and oxygen atoms in total. The standard InChI is InChI=1S/C32H34N2O2S/c1-22-6-4-7-24(18-22)29(20-34-16-2-3-17-34)27-8-5-9-30-28(27)19-31(37-30)23-10-13-26(14-11-23)36-21-25-12-15-32(35)33-25/h4-11,13-14,18-19,25,29H,2-3,12,15-17,20-21H2,1H3,(H,33,35). The molecule has 2 aliphatic rings. The van der Waals surface area contributed by atoms with E-state index in [2.05, 4.69) is 77.8 Å². The third-order valence-electron chi connectivity index (χ3n) is 7.73. The van der Waals surface area contributed by atoms with E-state index in [9.17, 15) is 4.79 Å². The van der Waals surface area contributed by atoms with Crippen LogP contribution in [0.1, 0.15) is 48.3 Å². The van der Waals surface area contributed by atoms with Gasteiger partial charge in [-0.3, -0.25) is 4.79 Å². The van der Waals surface area contributed by atoms with Crippen molar-refractivity contribution in [1.82, 2.24) is 10.2 Å². The number of hydrogen-bond acceptors (Lipinski definition) is 4. The number of fused-ring (bicyclic) bond motifs is 1. The molecule has 6 rings (SSSR count). The lowest BCUT2D eigenvalue weighted by Crippen LogP contribution is -2.30. The van der Waals surface area contributed by atoms with Crippen molar-refractivity contribution in [3.63, 3.8) is 0 Å². The molecule has 2 saturated heterocycles. The van der Waals surface area contributed by atoms with Crippen molar-refractivity contribution in [3.8, 4) is 16.2 Å². The lowest BCUT2D eigenvalue weighted by atomic mass is 9.88. The van der Waals surface area contributed by atoms with Crippen molar-refractivity contribution < 1.29 is 9.53 Å². The monoisotopic (exact) mass is 510 g/mol. The van der Waals surface area contributed by atoms with Gasteiger partial charge in [0.15, 0.2) is 0 Å². The van der Waals surface area contributed by atoms with Gasteiger partial charge >= 0.3 is 0 Å². The zero-order chi connectivity index (χ0) is 25.2. The van der Waals surface area contributed by atoms with Crippen LogP contribution in [0.2, 0.25) is 0 Å². The Bertz CT molecular complexity index is 1390. The highest BCUT2D eigenvalue weighted by molar-refractivity contribution is 7.22. The van der Waals surface area contributed by atoms with E-state index in [1.165, 1.54) is 63.1 Å². The molecule has 3 heterocycles. The highest BCUT2D eigenvalue weighted by Crippen LogP contribution is 2.40. The number of carbonyl (C=O) groups excluding carboxylic acids is 1. The van der Waals surface area contributed by atoms with Crippen molar-refractivity contribution in [1.29, 1.82) is 0 Å². The average Bonchev–Trinajstić information content (AvgIpc) is 3.67. The maximum Gasteiger partial charge on any atom is 0.220 e. The summed E-state index contributed by atoms with van der Waals surface area (Å²) in [6, 6.07) is 26.8. The van der Waals surface area contributed by atoms with Crippen molar-refractivity contribution in [2.75, 3.05) is 26.2 Å². The minimum Gasteiger partial charge on any atom is -0.491 e. The smallest absolute Gasteiger partial charge is 0.220 e. The summed E-state index contributed by atoms with van der Waals surface area (Å²) in [5, 5.41) is 4.33. The molecule has 37 heavy (non-hydrogen) atoms. The highest BCUT2D eigenvalue weighted by atomic mass is 32.1. The Balaban J connectivity index is 1.27. The number of ether oxygens (including phenoxy) is 1. The van der Waals surface area contributed by atoms with Gasteiger partial charge in [-0.15, -0.1) is 11.3 Å². The van der Waals surface area contributed by atoms with Crippen LogP contribution in [-0.4, -0.2) is 43.1 Å². The van der Waals surface area contributed by atoms with Gasteiger partial charge in [-0.1, -0.05) is 42.0 Å². The minimum absolute atomic E-state index is 0.120.